The number of nitrogens with one attached hydrogen (secondary N) is 1. The Morgan fingerprint density at radius 3 is 2.44 bits per heavy atom. The Kier molecular flexibility index (Phi) is 4.73. The van der Waals surface area contributed by atoms with Crippen LogP contribution in [0.4, 0.5) is 5.69 Å². The average molecular weight is 289 g/mol. The van der Waals surface area contributed by atoms with Gasteiger partial charge in [0.15, 0.2) is 0 Å². The van der Waals surface area contributed by atoms with Crippen molar-refractivity contribution in [3.05, 3.63) is 28.2 Å². The summed E-state index contributed by atoms with van der Waals surface area (Å²) in [5.74, 6) is 0. The third-order valence-corrected chi connectivity index (χ3v) is 2.80. The highest BCUT2D eigenvalue weighted by atomic mass is 79.9. The van der Waals surface area contributed by atoms with Crippen LogP contribution in [0.1, 0.15) is 12.5 Å². The van der Waals surface area contributed by atoms with E-state index in [1.807, 2.05) is 18.2 Å². The van der Waals surface area contributed by atoms with Crippen molar-refractivity contribution >= 4 is 21.6 Å². The zero-order chi connectivity index (χ0) is 12.2. The Balaban J connectivity index is 2.92. The molecule has 5 heteroatoms. The Morgan fingerprint density at radius 1 is 1.31 bits per heavy atom. The van der Waals surface area contributed by atoms with Crippen LogP contribution < -0.4 is 11.1 Å². The van der Waals surface area contributed by atoms with E-state index in [0.29, 0.717) is 6.54 Å². The summed E-state index contributed by atoms with van der Waals surface area (Å²) in [6, 6.07) is 5.71. The fraction of sp³-hybridized carbons (Fsp3) is 0.455. The van der Waals surface area contributed by atoms with Crippen LogP contribution >= 0.6 is 15.9 Å². The summed E-state index contributed by atoms with van der Waals surface area (Å²) in [6.45, 7) is 1.90. The maximum absolute atomic E-state index is 9.18. The minimum Gasteiger partial charge on any atom is -0.394 e. The number of aliphatic hydroxyl groups is 2. The summed E-state index contributed by atoms with van der Waals surface area (Å²) in [4.78, 5) is 0. The second kappa shape index (κ2) is 5.63. The van der Waals surface area contributed by atoms with Gasteiger partial charge >= 0.3 is 0 Å². The summed E-state index contributed by atoms with van der Waals surface area (Å²) in [5.41, 5.74) is 6.64. The smallest absolute Gasteiger partial charge is 0.0806 e. The van der Waals surface area contributed by atoms with Crippen LogP contribution in [-0.4, -0.2) is 29.0 Å². The normalized spacial score (nSPS) is 11.6. The van der Waals surface area contributed by atoms with Gasteiger partial charge in [-0.2, -0.15) is 0 Å². The van der Waals surface area contributed by atoms with Gasteiger partial charge in [-0.3, -0.25) is 0 Å². The third kappa shape index (κ3) is 3.45. The highest BCUT2D eigenvalue weighted by Crippen LogP contribution is 2.22. The van der Waals surface area contributed by atoms with Gasteiger partial charge in [-0.1, -0.05) is 15.9 Å². The molecule has 0 amide bonds. The maximum Gasteiger partial charge on any atom is 0.0806 e. The van der Waals surface area contributed by atoms with Crippen LogP contribution in [0, 0.1) is 0 Å². The second-order valence-electron chi connectivity index (χ2n) is 4.05. The Bertz CT molecular complexity index is 354. The summed E-state index contributed by atoms with van der Waals surface area (Å²) in [5, 5.41) is 21.5. The zero-order valence-corrected chi connectivity index (χ0v) is 10.8. The standard InChI is InChI=1S/C11H17BrN2O2/c1-11(6-15,7-16)14-10-3-8(5-13)2-9(12)4-10/h2-4,14-16H,5-7,13H2,1H3. The number of nitrogens with two attached hydrogens (primary N) is 1. The predicted molar refractivity (Wildman–Crippen MR) is 68.2 cm³/mol. The van der Waals surface area contributed by atoms with Crippen molar-refractivity contribution in [2.75, 3.05) is 18.5 Å². The molecule has 0 fully saturated rings. The minimum absolute atomic E-state index is 0.145. The van der Waals surface area contributed by atoms with Crippen LogP contribution in [-0.2, 0) is 6.54 Å². The van der Waals surface area contributed by atoms with E-state index >= 15 is 0 Å². The number of hydrogen-bond acceptors (Lipinski definition) is 4. The van der Waals surface area contributed by atoms with Crippen LogP contribution in [0.25, 0.3) is 0 Å². The molecule has 0 atom stereocenters. The zero-order valence-electron chi connectivity index (χ0n) is 9.20. The van der Waals surface area contributed by atoms with Gasteiger partial charge in [-0.05, 0) is 30.7 Å². The third-order valence-electron chi connectivity index (χ3n) is 2.34. The Labute approximate surface area is 104 Å². The maximum atomic E-state index is 9.18. The topological polar surface area (TPSA) is 78.5 Å². The van der Waals surface area contributed by atoms with E-state index in [1.54, 1.807) is 6.92 Å². The first-order valence-electron chi connectivity index (χ1n) is 5.02. The van der Waals surface area contributed by atoms with E-state index < -0.39 is 5.54 Å². The van der Waals surface area contributed by atoms with Crippen LogP contribution in [0.5, 0.6) is 0 Å². The van der Waals surface area contributed by atoms with Gasteiger partial charge in [-0.15, -0.1) is 0 Å². The van der Waals surface area contributed by atoms with Gasteiger partial charge in [0.2, 0.25) is 0 Å². The van der Waals surface area contributed by atoms with Crippen molar-refractivity contribution in [3.63, 3.8) is 0 Å². The second-order valence-corrected chi connectivity index (χ2v) is 4.97. The first kappa shape index (κ1) is 13.4. The summed E-state index contributed by atoms with van der Waals surface area (Å²) in [6.07, 6.45) is 0. The minimum atomic E-state index is -0.730. The lowest BCUT2D eigenvalue weighted by Crippen LogP contribution is -2.42. The average Bonchev–Trinajstić information content (AvgIpc) is 2.28. The largest absolute Gasteiger partial charge is 0.394 e. The molecule has 0 unspecified atom stereocenters. The fourth-order valence-electron chi connectivity index (χ4n) is 1.32. The number of anilines is 1. The van der Waals surface area contributed by atoms with E-state index in [-0.39, 0.29) is 13.2 Å². The highest BCUT2D eigenvalue weighted by Gasteiger charge is 2.21. The molecule has 0 aliphatic carbocycles. The van der Waals surface area contributed by atoms with Gasteiger partial charge in [-0.25, -0.2) is 0 Å². The summed E-state index contributed by atoms with van der Waals surface area (Å²) in [7, 11) is 0. The summed E-state index contributed by atoms with van der Waals surface area (Å²) < 4.78 is 0.913. The number of benzene rings is 1. The molecule has 0 spiro atoms. The van der Waals surface area contributed by atoms with Gasteiger partial charge < -0.3 is 21.3 Å². The van der Waals surface area contributed by atoms with Gasteiger partial charge in [0, 0.05) is 16.7 Å². The van der Waals surface area contributed by atoms with Crippen LogP contribution in [0.3, 0.4) is 0 Å². The molecule has 0 aliphatic rings. The van der Waals surface area contributed by atoms with Crippen molar-refractivity contribution in [2.45, 2.75) is 19.0 Å². The lowest BCUT2D eigenvalue weighted by Gasteiger charge is -2.27. The molecular weight excluding hydrogens is 272 g/mol. The number of hydrogen-bond donors (Lipinski definition) is 4. The number of rotatable bonds is 5. The molecule has 1 aromatic rings. The molecular formula is C11H17BrN2O2. The molecule has 0 heterocycles. The van der Waals surface area contributed by atoms with Crippen molar-refractivity contribution in [2.24, 2.45) is 5.73 Å². The molecule has 4 nitrogen and oxygen atoms in total. The molecule has 1 aromatic carbocycles. The fourth-order valence-corrected chi connectivity index (χ4v) is 1.86. The van der Waals surface area contributed by atoms with Crippen molar-refractivity contribution < 1.29 is 10.2 Å². The molecule has 0 bridgehead atoms. The number of halogens is 1. The van der Waals surface area contributed by atoms with Crippen molar-refractivity contribution in [1.29, 1.82) is 0 Å². The molecule has 0 saturated heterocycles. The monoisotopic (exact) mass is 288 g/mol. The first-order valence-corrected chi connectivity index (χ1v) is 5.82. The van der Waals surface area contributed by atoms with E-state index in [2.05, 4.69) is 21.2 Å². The molecule has 90 valence electrons. The molecule has 0 radical (unpaired) electrons. The summed E-state index contributed by atoms with van der Waals surface area (Å²) >= 11 is 3.38. The van der Waals surface area contributed by atoms with E-state index in [1.165, 1.54) is 0 Å². The highest BCUT2D eigenvalue weighted by molar-refractivity contribution is 9.10. The molecule has 1 rings (SSSR count). The predicted octanol–water partition coefficient (Wildman–Crippen LogP) is 1.06. The number of aliphatic hydroxyl groups excluding tert-OH is 2. The quantitative estimate of drug-likeness (QED) is 0.653. The molecule has 16 heavy (non-hydrogen) atoms. The first-order chi connectivity index (χ1) is 7.53. The Morgan fingerprint density at radius 2 is 1.94 bits per heavy atom. The van der Waals surface area contributed by atoms with Gasteiger partial charge in [0.25, 0.3) is 0 Å². The van der Waals surface area contributed by atoms with Crippen molar-refractivity contribution in [1.82, 2.24) is 0 Å². The lowest BCUT2D eigenvalue weighted by molar-refractivity contribution is 0.147. The lowest BCUT2D eigenvalue weighted by atomic mass is 10.0. The van der Waals surface area contributed by atoms with E-state index in [0.717, 1.165) is 15.7 Å². The molecule has 0 saturated carbocycles. The van der Waals surface area contributed by atoms with E-state index in [4.69, 9.17) is 5.73 Å². The molecule has 0 aliphatic heterocycles. The SMILES string of the molecule is CC(CO)(CO)Nc1cc(Br)cc(CN)c1. The van der Waals surface area contributed by atoms with Gasteiger partial charge in [0.05, 0.1) is 18.8 Å². The Hall–Kier alpha value is -0.620. The molecule has 0 aromatic heterocycles. The van der Waals surface area contributed by atoms with E-state index in [9.17, 15) is 10.2 Å². The molecule has 5 N–H and O–H groups in total. The van der Waals surface area contributed by atoms with Crippen LogP contribution in [0.15, 0.2) is 22.7 Å². The van der Waals surface area contributed by atoms with Crippen LogP contribution in [0.2, 0.25) is 0 Å². The van der Waals surface area contributed by atoms with Crippen molar-refractivity contribution in [3.8, 4) is 0 Å². The van der Waals surface area contributed by atoms with Gasteiger partial charge in [0.1, 0.15) is 0 Å².